The molecule has 1 heterocycles. The molecule has 5 heteroatoms. The summed E-state index contributed by atoms with van der Waals surface area (Å²) in [7, 11) is 1.41. The van der Waals surface area contributed by atoms with E-state index in [1.807, 2.05) is 45.0 Å². The topological polar surface area (TPSA) is 63.6 Å². The van der Waals surface area contributed by atoms with Crippen LogP contribution in [0.1, 0.15) is 23.7 Å². The molecule has 0 radical (unpaired) electrons. The smallest absolute Gasteiger partial charge is 0.273 e. The van der Waals surface area contributed by atoms with Crippen LogP contribution in [-0.4, -0.2) is 23.7 Å². The Bertz CT molecular complexity index is 767. The summed E-state index contributed by atoms with van der Waals surface area (Å²) in [5, 5.41) is 6.51. The van der Waals surface area contributed by atoms with Crippen molar-refractivity contribution in [2.75, 3.05) is 12.4 Å². The van der Waals surface area contributed by atoms with E-state index in [1.165, 1.54) is 7.11 Å². The molecule has 0 aliphatic heterocycles. The van der Waals surface area contributed by atoms with Gasteiger partial charge in [0, 0.05) is 16.9 Å². The lowest BCUT2D eigenvalue weighted by molar-refractivity contribution is -0.110. The quantitative estimate of drug-likeness (QED) is 0.692. The highest BCUT2D eigenvalue weighted by Crippen LogP contribution is 2.29. The predicted octanol–water partition coefficient (Wildman–Crippen LogP) is 3.63. The van der Waals surface area contributed by atoms with Crippen molar-refractivity contribution in [1.29, 1.82) is 0 Å². The molecule has 23 heavy (non-hydrogen) atoms. The average molecular weight is 311 g/mol. The Labute approximate surface area is 136 Å². The molecule has 0 aliphatic carbocycles. The van der Waals surface area contributed by atoms with Crippen molar-refractivity contribution in [3.05, 3.63) is 47.2 Å². The van der Waals surface area contributed by atoms with Gasteiger partial charge in [0.2, 0.25) is 0 Å². The van der Waals surface area contributed by atoms with Crippen molar-refractivity contribution in [3.63, 3.8) is 0 Å². The lowest BCUT2D eigenvalue weighted by atomic mass is 10.00. The molecule has 1 aromatic carbocycles. The van der Waals surface area contributed by atoms with Crippen molar-refractivity contribution >= 4 is 17.3 Å². The Morgan fingerprint density at radius 3 is 2.61 bits per heavy atom. The van der Waals surface area contributed by atoms with E-state index in [4.69, 9.17) is 0 Å². The van der Waals surface area contributed by atoms with Gasteiger partial charge in [-0.25, -0.2) is 0 Å². The van der Waals surface area contributed by atoms with Crippen LogP contribution >= 0.6 is 0 Å². The first kappa shape index (κ1) is 16.7. The molecule has 0 spiro atoms. The third kappa shape index (κ3) is 3.74. The monoisotopic (exact) mass is 311 g/mol. The number of nitrogens with zero attached hydrogens (tertiary/aromatic N) is 2. The molecular formula is C18H21N3O2. The van der Waals surface area contributed by atoms with Crippen LogP contribution in [0.15, 0.2) is 35.5 Å². The molecule has 0 fully saturated rings. The highest BCUT2D eigenvalue weighted by Gasteiger charge is 2.13. The standard InChI is InChI=1S/C18H21N3O2/c1-11-9-10-12(2)19-17(11)15-7-6-8-16(13(15)3)20-18(22)14(4)21-23-5/h6-10H,1-5H3,(H,20,22)/b21-14+. The van der Waals surface area contributed by atoms with Crippen LogP contribution in [-0.2, 0) is 9.63 Å². The minimum atomic E-state index is -0.291. The summed E-state index contributed by atoms with van der Waals surface area (Å²) >= 11 is 0. The summed E-state index contributed by atoms with van der Waals surface area (Å²) in [5.41, 5.74) is 5.96. The van der Waals surface area contributed by atoms with Gasteiger partial charge in [-0.1, -0.05) is 23.4 Å². The molecule has 1 N–H and O–H groups in total. The van der Waals surface area contributed by atoms with Gasteiger partial charge >= 0.3 is 0 Å². The highest BCUT2D eigenvalue weighted by molar-refractivity contribution is 6.42. The van der Waals surface area contributed by atoms with E-state index >= 15 is 0 Å². The number of anilines is 1. The molecule has 2 aromatic rings. The van der Waals surface area contributed by atoms with Gasteiger partial charge in [0.25, 0.3) is 5.91 Å². The Morgan fingerprint density at radius 2 is 1.91 bits per heavy atom. The average Bonchev–Trinajstić information content (AvgIpc) is 2.52. The Hall–Kier alpha value is -2.69. The summed E-state index contributed by atoms with van der Waals surface area (Å²) < 4.78 is 0. The number of nitrogens with one attached hydrogen (secondary N) is 1. The number of benzene rings is 1. The molecule has 0 aliphatic rings. The van der Waals surface area contributed by atoms with E-state index in [9.17, 15) is 4.79 Å². The first-order valence-electron chi connectivity index (χ1n) is 7.37. The molecule has 1 amide bonds. The van der Waals surface area contributed by atoms with Gasteiger partial charge in [-0.15, -0.1) is 0 Å². The predicted molar refractivity (Wildman–Crippen MR) is 92.6 cm³/mol. The second-order valence-corrected chi connectivity index (χ2v) is 5.41. The minimum absolute atomic E-state index is 0.266. The largest absolute Gasteiger partial charge is 0.399 e. The second kappa shape index (κ2) is 7.05. The molecule has 0 saturated carbocycles. The van der Waals surface area contributed by atoms with E-state index in [2.05, 4.69) is 26.4 Å². The first-order chi connectivity index (χ1) is 10.9. The van der Waals surface area contributed by atoms with Crippen LogP contribution < -0.4 is 5.32 Å². The number of pyridine rings is 1. The number of oxime groups is 1. The maximum Gasteiger partial charge on any atom is 0.273 e. The first-order valence-corrected chi connectivity index (χ1v) is 7.37. The third-order valence-corrected chi connectivity index (χ3v) is 3.63. The zero-order chi connectivity index (χ0) is 17.0. The summed E-state index contributed by atoms with van der Waals surface area (Å²) in [6.07, 6.45) is 0. The van der Waals surface area contributed by atoms with E-state index in [0.29, 0.717) is 0 Å². The number of aromatic nitrogens is 1. The van der Waals surface area contributed by atoms with Gasteiger partial charge in [-0.2, -0.15) is 0 Å². The summed E-state index contributed by atoms with van der Waals surface area (Å²) in [6, 6.07) is 9.82. The summed E-state index contributed by atoms with van der Waals surface area (Å²) in [5.74, 6) is -0.291. The SMILES string of the molecule is CO/N=C(\C)C(=O)Nc1cccc(-c2nc(C)ccc2C)c1C. The van der Waals surface area contributed by atoms with Crippen molar-refractivity contribution in [3.8, 4) is 11.3 Å². The molecule has 0 atom stereocenters. The molecule has 120 valence electrons. The third-order valence-electron chi connectivity index (χ3n) is 3.63. The fourth-order valence-corrected chi connectivity index (χ4v) is 2.32. The van der Waals surface area contributed by atoms with Crippen LogP contribution in [0.3, 0.4) is 0 Å². The van der Waals surface area contributed by atoms with Gasteiger partial charge in [0.15, 0.2) is 0 Å². The van der Waals surface area contributed by atoms with Crippen LogP contribution in [0, 0.1) is 20.8 Å². The maximum atomic E-state index is 12.1. The molecular weight excluding hydrogens is 290 g/mol. The second-order valence-electron chi connectivity index (χ2n) is 5.41. The minimum Gasteiger partial charge on any atom is -0.399 e. The van der Waals surface area contributed by atoms with Crippen molar-refractivity contribution in [1.82, 2.24) is 4.98 Å². The van der Waals surface area contributed by atoms with Crippen molar-refractivity contribution in [2.24, 2.45) is 5.16 Å². The van der Waals surface area contributed by atoms with E-state index in [-0.39, 0.29) is 11.6 Å². The van der Waals surface area contributed by atoms with Crippen LogP contribution in [0.4, 0.5) is 5.69 Å². The number of hydrogen-bond donors (Lipinski definition) is 1. The normalized spacial score (nSPS) is 11.3. The molecule has 5 nitrogen and oxygen atoms in total. The lowest BCUT2D eigenvalue weighted by Gasteiger charge is -2.14. The highest BCUT2D eigenvalue weighted by atomic mass is 16.6. The van der Waals surface area contributed by atoms with Gasteiger partial charge < -0.3 is 10.2 Å². The van der Waals surface area contributed by atoms with Crippen LogP contribution in [0.25, 0.3) is 11.3 Å². The van der Waals surface area contributed by atoms with Gasteiger partial charge in [0.05, 0.1) is 5.69 Å². The van der Waals surface area contributed by atoms with Gasteiger partial charge in [-0.3, -0.25) is 9.78 Å². The van der Waals surface area contributed by atoms with E-state index in [0.717, 1.165) is 33.8 Å². The summed E-state index contributed by atoms with van der Waals surface area (Å²) in [6.45, 7) is 7.57. The number of carbonyl (C=O) groups excluding carboxylic acids is 1. The lowest BCUT2D eigenvalue weighted by Crippen LogP contribution is -2.21. The van der Waals surface area contributed by atoms with Crippen molar-refractivity contribution < 1.29 is 9.63 Å². The molecule has 0 unspecified atom stereocenters. The van der Waals surface area contributed by atoms with E-state index < -0.39 is 0 Å². The molecule has 0 bridgehead atoms. The zero-order valence-corrected chi connectivity index (χ0v) is 14.1. The van der Waals surface area contributed by atoms with E-state index in [1.54, 1.807) is 6.92 Å². The Balaban J connectivity index is 2.41. The molecule has 1 aromatic heterocycles. The number of carbonyl (C=O) groups is 1. The number of amides is 1. The fraction of sp³-hybridized carbons (Fsp3) is 0.278. The zero-order valence-electron chi connectivity index (χ0n) is 14.1. The number of hydrogen-bond acceptors (Lipinski definition) is 4. The summed E-state index contributed by atoms with van der Waals surface area (Å²) in [4.78, 5) is 21.3. The van der Waals surface area contributed by atoms with Crippen LogP contribution in [0.2, 0.25) is 0 Å². The Morgan fingerprint density at radius 1 is 1.17 bits per heavy atom. The van der Waals surface area contributed by atoms with Gasteiger partial charge in [-0.05, 0) is 51.0 Å². The fourth-order valence-electron chi connectivity index (χ4n) is 2.32. The molecule has 2 rings (SSSR count). The van der Waals surface area contributed by atoms with Gasteiger partial charge in [0.1, 0.15) is 12.8 Å². The Kier molecular flexibility index (Phi) is 5.11. The molecule has 0 saturated heterocycles. The maximum absolute atomic E-state index is 12.1. The number of aryl methyl sites for hydroxylation is 2. The number of rotatable bonds is 4. The van der Waals surface area contributed by atoms with Crippen LogP contribution in [0.5, 0.6) is 0 Å². The van der Waals surface area contributed by atoms with Crippen molar-refractivity contribution in [2.45, 2.75) is 27.7 Å².